The van der Waals surface area contributed by atoms with Crippen LogP contribution in [0.2, 0.25) is 0 Å². The molecule has 1 atom stereocenters. The third-order valence-electron chi connectivity index (χ3n) is 6.56. The maximum atomic E-state index is 12.6. The number of nitrogens with two attached hydrogens (primary N) is 1. The number of alkyl carbamates (subject to hydrolysis) is 1. The maximum Gasteiger partial charge on any atom is 0.408 e. The lowest BCUT2D eigenvalue weighted by atomic mass is 9.54. The first-order valence-electron chi connectivity index (χ1n) is 9.97. The molecule has 7 nitrogen and oxygen atoms in total. The van der Waals surface area contributed by atoms with Crippen LogP contribution in [0.1, 0.15) is 49.7 Å². The average Bonchev–Trinajstić information content (AvgIpc) is 2.59. The molecule has 5 rings (SSSR count). The number of nitrogens with one attached hydrogen (secondary N) is 2. The van der Waals surface area contributed by atoms with E-state index in [4.69, 9.17) is 15.9 Å². The molecule has 0 aromatic heterocycles. The summed E-state index contributed by atoms with van der Waals surface area (Å²) in [6.07, 6.45) is 5.92. The third kappa shape index (κ3) is 3.84. The second kappa shape index (κ2) is 7.11. The molecule has 1 aromatic rings. The van der Waals surface area contributed by atoms with Gasteiger partial charge in [-0.05, 0) is 67.9 Å². The lowest BCUT2D eigenvalue weighted by Crippen LogP contribution is -2.55. The highest BCUT2D eigenvalue weighted by atomic mass is 16.6. The average molecular weight is 385 g/mol. The van der Waals surface area contributed by atoms with Crippen molar-refractivity contribution in [3.05, 3.63) is 35.4 Å². The summed E-state index contributed by atoms with van der Waals surface area (Å²) < 4.78 is 5.86. The molecule has 1 amide bonds. The fourth-order valence-corrected chi connectivity index (χ4v) is 5.83. The molecule has 4 bridgehead atoms. The highest BCUT2D eigenvalue weighted by Crippen LogP contribution is 2.57. The number of hydrogen-bond donors (Lipinski definition) is 4. The van der Waals surface area contributed by atoms with Gasteiger partial charge in [0.05, 0.1) is 0 Å². The number of carboxylic acid groups (broad SMARTS) is 1. The summed E-state index contributed by atoms with van der Waals surface area (Å²) in [7, 11) is 0. The van der Waals surface area contributed by atoms with Gasteiger partial charge < -0.3 is 20.9 Å². The fraction of sp³-hybridized carbons (Fsp3) is 0.571. The number of carbonyl (C=O) groups is 2. The number of carbonyl (C=O) groups excluding carboxylic acids is 1. The van der Waals surface area contributed by atoms with Crippen molar-refractivity contribution in [1.29, 1.82) is 5.41 Å². The van der Waals surface area contributed by atoms with E-state index < -0.39 is 23.7 Å². The smallest absolute Gasteiger partial charge is 0.408 e. The van der Waals surface area contributed by atoms with Crippen LogP contribution in [0.25, 0.3) is 0 Å². The molecular formula is C21H27N3O4. The number of carboxylic acids is 1. The van der Waals surface area contributed by atoms with Gasteiger partial charge in [0.1, 0.15) is 17.5 Å². The number of ether oxygens (including phenoxy) is 1. The van der Waals surface area contributed by atoms with Crippen LogP contribution < -0.4 is 11.1 Å². The van der Waals surface area contributed by atoms with E-state index in [1.54, 1.807) is 24.3 Å². The Labute approximate surface area is 164 Å². The second-order valence-electron chi connectivity index (χ2n) is 8.84. The van der Waals surface area contributed by atoms with Crippen LogP contribution in [0.5, 0.6) is 0 Å². The van der Waals surface area contributed by atoms with Gasteiger partial charge in [-0.2, -0.15) is 0 Å². The SMILES string of the molecule is N=C(N)c1cccc(C[C@H](NC(=O)OC23CC4CC(CC(C4)C2)C3)C(=O)O)c1. The molecule has 0 radical (unpaired) electrons. The Bertz CT molecular complexity index is 771. The van der Waals surface area contributed by atoms with Gasteiger partial charge >= 0.3 is 12.1 Å². The Morgan fingerprint density at radius 2 is 1.82 bits per heavy atom. The van der Waals surface area contributed by atoms with E-state index in [0.29, 0.717) is 28.9 Å². The Balaban J connectivity index is 1.41. The first-order chi connectivity index (χ1) is 13.3. The van der Waals surface area contributed by atoms with Gasteiger partial charge in [-0.15, -0.1) is 0 Å². The van der Waals surface area contributed by atoms with Crippen molar-refractivity contribution in [3.63, 3.8) is 0 Å². The van der Waals surface area contributed by atoms with E-state index in [1.807, 2.05) is 0 Å². The van der Waals surface area contributed by atoms with Crippen LogP contribution in [0.15, 0.2) is 24.3 Å². The van der Waals surface area contributed by atoms with Gasteiger partial charge in [0, 0.05) is 12.0 Å². The van der Waals surface area contributed by atoms with Crippen molar-refractivity contribution < 1.29 is 19.4 Å². The monoisotopic (exact) mass is 385 g/mol. The summed E-state index contributed by atoms with van der Waals surface area (Å²) in [6, 6.07) is 5.75. The summed E-state index contributed by atoms with van der Waals surface area (Å²) >= 11 is 0. The number of rotatable bonds is 6. The van der Waals surface area contributed by atoms with Gasteiger partial charge in [0.25, 0.3) is 0 Å². The first-order valence-corrected chi connectivity index (χ1v) is 9.97. The van der Waals surface area contributed by atoms with Crippen LogP contribution in [0, 0.1) is 23.2 Å². The molecule has 4 aliphatic carbocycles. The van der Waals surface area contributed by atoms with E-state index in [2.05, 4.69) is 5.32 Å². The summed E-state index contributed by atoms with van der Waals surface area (Å²) in [4.78, 5) is 24.2. The molecule has 0 spiro atoms. The Morgan fingerprint density at radius 1 is 1.21 bits per heavy atom. The molecule has 4 fully saturated rings. The molecule has 1 aromatic carbocycles. The Morgan fingerprint density at radius 3 is 2.36 bits per heavy atom. The van der Waals surface area contributed by atoms with Gasteiger partial charge in [-0.1, -0.05) is 18.2 Å². The number of amides is 1. The lowest BCUT2D eigenvalue weighted by molar-refractivity contribution is -0.141. The van der Waals surface area contributed by atoms with Crippen molar-refractivity contribution in [2.24, 2.45) is 23.5 Å². The predicted molar refractivity (Wildman–Crippen MR) is 103 cm³/mol. The second-order valence-corrected chi connectivity index (χ2v) is 8.84. The maximum absolute atomic E-state index is 12.6. The van der Waals surface area contributed by atoms with E-state index in [9.17, 15) is 14.7 Å². The first kappa shape index (κ1) is 18.8. The van der Waals surface area contributed by atoms with Crippen LogP contribution in [-0.4, -0.2) is 34.6 Å². The van der Waals surface area contributed by atoms with Gasteiger partial charge in [0.2, 0.25) is 0 Å². The Kier molecular flexibility index (Phi) is 4.77. The molecule has 5 N–H and O–H groups in total. The van der Waals surface area contributed by atoms with Crippen molar-refractivity contribution in [3.8, 4) is 0 Å². The molecule has 4 aliphatic rings. The molecule has 4 saturated carbocycles. The molecule has 0 saturated heterocycles. The van der Waals surface area contributed by atoms with E-state index >= 15 is 0 Å². The van der Waals surface area contributed by atoms with Crippen molar-refractivity contribution in [2.45, 2.75) is 56.6 Å². The van der Waals surface area contributed by atoms with E-state index in [1.165, 1.54) is 19.3 Å². The number of amidine groups is 1. The number of aliphatic carboxylic acids is 1. The Hall–Kier alpha value is -2.57. The predicted octanol–water partition coefficient (Wildman–Crippen LogP) is 2.66. The quantitative estimate of drug-likeness (QED) is 0.442. The van der Waals surface area contributed by atoms with E-state index in [0.717, 1.165) is 19.3 Å². The lowest BCUT2D eigenvalue weighted by Gasteiger charge is -2.55. The summed E-state index contributed by atoms with van der Waals surface area (Å²) in [5.41, 5.74) is 6.31. The van der Waals surface area contributed by atoms with Crippen LogP contribution in [0.4, 0.5) is 4.79 Å². The minimum Gasteiger partial charge on any atom is -0.480 e. The number of benzene rings is 1. The summed E-state index contributed by atoms with van der Waals surface area (Å²) in [5.74, 6) is 0.731. The zero-order chi connectivity index (χ0) is 19.9. The minimum absolute atomic E-state index is 0.0806. The van der Waals surface area contributed by atoms with Crippen LogP contribution >= 0.6 is 0 Å². The van der Waals surface area contributed by atoms with Crippen LogP contribution in [0.3, 0.4) is 0 Å². The molecular weight excluding hydrogens is 358 g/mol. The topological polar surface area (TPSA) is 126 Å². The molecule has 0 aliphatic heterocycles. The van der Waals surface area contributed by atoms with E-state index in [-0.39, 0.29) is 12.3 Å². The normalized spacial score (nSPS) is 31.2. The molecule has 150 valence electrons. The van der Waals surface area contributed by atoms with Gasteiger partial charge in [0.15, 0.2) is 0 Å². The minimum atomic E-state index is -1.12. The fourth-order valence-electron chi connectivity index (χ4n) is 5.83. The van der Waals surface area contributed by atoms with Crippen LogP contribution in [-0.2, 0) is 16.0 Å². The van der Waals surface area contributed by atoms with Crippen molar-refractivity contribution >= 4 is 17.9 Å². The zero-order valence-corrected chi connectivity index (χ0v) is 15.8. The zero-order valence-electron chi connectivity index (χ0n) is 15.8. The summed E-state index contributed by atoms with van der Waals surface area (Å²) in [6.45, 7) is 0. The summed E-state index contributed by atoms with van der Waals surface area (Å²) in [5, 5.41) is 19.6. The standard InChI is InChI=1S/C21H27N3O4/c22-18(23)16-3-1-2-12(7-16)8-17(19(25)26)24-20(27)28-21-9-13-4-14(10-21)6-15(5-13)11-21/h1-3,7,13-15,17H,4-6,8-11H2,(H3,22,23)(H,24,27)(H,25,26)/t13?,14?,15?,17-,21?/m0/s1. The number of nitrogen functional groups attached to an aromatic ring is 1. The van der Waals surface area contributed by atoms with Gasteiger partial charge in [-0.25, -0.2) is 9.59 Å². The third-order valence-corrected chi connectivity index (χ3v) is 6.56. The van der Waals surface area contributed by atoms with Gasteiger partial charge in [-0.3, -0.25) is 5.41 Å². The highest BCUT2D eigenvalue weighted by Gasteiger charge is 2.53. The molecule has 0 unspecified atom stereocenters. The highest BCUT2D eigenvalue weighted by molar-refractivity contribution is 5.95. The van der Waals surface area contributed by atoms with Crippen molar-refractivity contribution in [1.82, 2.24) is 5.32 Å². The molecule has 7 heteroatoms. The molecule has 28 heavy (non-hydrogen) atoms. The number of hydrogen-bond acceptors (Lipinski definition) is 4. The van der Waals surface area contributed by atoms with Crippen molar-refractivity contribution in [2.75, 3.05) is 0 Å². The largest absolute Gasteiger partial charge is 0.480 e. The molecule has 0 heterocycles.